The van der Waals surface area contributed by atoms with Crippen molar-refractivity contribution in [1.29, 1.82) is 0 Å². The second kappa shape index (κ2) is 12.1. The summed E-state index contributed by atoms with van der Waals surface area (Å²) in [6, 6.07) is 8.95. The number of hydrogen-bond acceptors (Lipinski definition) is 3. The average molecular weight is 417 g/mol. The molecule has 2 aromatic carbocycles. The second-order valence-corrected chi connectivity index (χ2v) is 7.17. The molecule has 0 aliphatic carbocycles. The Kier molecular flexibility index (Phi) is 9.48. The van der Waals surface area contributed by atoms with Crippen LogP contribution in [0.5, 0.6) is 5.75 Å². The molecule has 0 atom stereocenters. The van der Waals surface area contributed by atoms with E-state index in [1.165, 1.54) is 18.2 Å². The van der Waals surface area contributed by atoms with Crippen LogP contribution in [0.3, 0.4) is 0 Å². The van der Waals surface area contributed by atoms with Gasteiger partial charge >= 0.3 is 0 Å². The molecule has 1 amide bonds. The molecule has 6 heteroatoms. The summed E-state index contributed by atoms with van der Waals surface area (Å²) in [4.78, 5) is 14.5. The molecule has 30 heavy (non-hydrogen) atoms. The molecular weight excluding hydrogens is 386 g/mol. The number of carbonyl (C=O) groups excluding carboxylic acids is 1. The van der Waals surface area contributed by atoms with E-state index in [-0.39, 0.29) is 5.91 Å². The first-order valence-corrected chi connectivity index (χ1v) is 10.3. The maximum absolute atomic E-state index is 13.2. The maximum Gasteiger partial charge on any atom is 0.248 e. The first-order valence-electron chi connectivity index (χ1n) is 10.3. The number of nitrogens with one attached hydrogen (secondary N) is 1. The molecule has 0 spiro atoms. The van der Waals surface area contributed by atoms with Crippen molar-refractivity contribution < 1.29 is 18.3 Å². The molecule has 0 radical (unpaired) electrons. The molecule has 0 fully saturated rings. The van der Waals surface area contributed by atoms with Crippen LogP contribution in [0.2, 0.25) is 0 Å². The minimum atomic E-state index is -0.950. The summed E-state index contributed by atoms with van der Waals surface area (Å²) in [6.45, 7) is 9.83. The highest BCUT2D eigenvalue weighted by molar-refractivity contribution is 6.02. The molecule has 4 nitrogen and oxygen atoms in total. The van der Waals surface area contributed by atoms with E-state index in [4.69, 9.17) is 4.74 Å². The van der Waals surface area contributed by atoms with Crippen LogP contribution in [0.1, 0.15) is 37.8 Å². The molecule has 2 rings (SSSR count). The molecule has 0 aromatic heterocycles. The highest BCUT2D eigenvalue weighted by Gasteiger charge is 2.07. The number of rotatable bonds is 11. The lowest BCUT2D eigenvalue weighted by atomic mass is 10.2. The van der Waals surface area contributed by atoms with E-state index < -0.39 is 11.6 Å². The van der Waals surface area contributed by atoms with Crippen molar-refractivity contribution in [1.82, 2.24) is 4.90 Å². The van der Waals surface area contributed by atoms with Gasteiger partial charge in [-0.15, -0.1) is 0 Å². The van der Waals surface area contributed by atoms with Gasteiger partial charge in [0.2, 0.25) is 5.91 Å². The number of aryl methyl sites for hydroxylation is 1. The van der Waals surface area contributed by atoms with Crippen molar-refractivity contribution in [2.45, 2.75) is 33.6 Å². The quantitative estimate of drug-likeness (QED) is 0.497. The Labute approximate surface area is 177 Å². The lowest BCUT2D eigenvalue weighted by Crippen LogP contribution is -2.30. The van der Waals surface area contributed by atoms with Gasteiger partial charge in [-0.05, 0) is 68.3 Å². The summed E-state index contributed by atoms with van der Waals surface area (Å²) in [6.07, 6.45) is 4.93. The van der Waals surface area contributed by atoms with Gasteiger partial charge in [-0.25, -0.2) is 8.78 Å². The standard InChI is InChI=1S/C24H30F2N2O2/c1-4-12-28(13-5-2)14-15-30-23-17-20(9-6-18(23)3)27-24(29)11-8-19-7-10-21(25)22(26)16-19/h6-11,16-17H,4-5,12-15H2,1-3H3,(H,27,29). The van der Waals surface area contributed by atoms with Crippen LogP contribution in [-0.2, 0) is 4.79 Å². The van der Waals surface area contributed by atoms with Crippen LogP contribution in [0, 0.1) is 18.6 Å². The second-order valence-electron chi connectivity index (χ2n) is 7.17. The van der Waals surface area contributed by atoms with Crippen molar-refractivity contribution in [2.75, 3.05) is 31.6 Å². The number of nitrogens with zero attached hydrogens (tertiary/aromatic N) is 1. The highest BCUT2D eigenvalue weighted by atomic mass is 19.2. The molecular formula is C24H30F2N2O2. The van der Waals surface area contributed by atoms with Crippen LogP contribution >= 0.6 is 0 Å². The Hall–Kier alpha value is -2.73. The summed E-state index contributed by atoms with van der Waals surface area (Å²) >= 11 is 0. The predicted octanol–water partition coefficient (Wildman–Crippen LogP) is 5.43. The van der Waals surface area contributed by atoms with E-state index >= 15 is 0 Å². The smallest absolute Gasteiger partial charge is 0.248 e. The maximum atomic E-state index is 13.2. The number of amides is 1. The van der Waals surface area contributed by atoms with Crippen molar-refractivity contribution in [3.05, 3.63) is 65.2 Å². The normalized spacial score (nSPS) is 11.3. The predicted molar refractivity (Wildman–Crippen MR) is 118 cm³/mol. The van der Waals surface area contributed by atoms with Gasteiger partial charge in [0.15, 0.2) is 11.6 Å². The SMILES string of the molecule is CCCN(CCC)CCOc1cc(NC(=O)C=Cc2ccc(F)c(F)c2)ccc1C. The zero-order chi connectivity index (χ0) is 21.9. The molecule has 2 aromatic rings. The molecule has 0 aliphatic heterocycles. The Morgan fingerprint density at radius 2 is 1.77 bits per heavy atom. The van der Waals surface area contributed by atoms with E-state index in [2.05, 4.69) is 24.1 Å². The number of ether oxygens (including phenoxy) is 1. The zero-order valence-corrected chi connectivity index (χ0v) is 17.9. The van der Waals surface area contributed by atoms with Crippen molar-refractivity contribution in [3.63, 3.8) is 0 Å². The van der Waals surface area contributed by atoms with E-state index in [0.29, 0.717) is 17.9 Å². The first kappa shape index (κ1) is 23.5. The fourth-order valence-corrected chi connectivity index (χ4v) is 3.06. The molecule has 0 saturated heterocycles. The molecule has 0 bridgehead atoms. The number of anilines is 1. The molecule has 0 saturated carbocycles. The number of hydrogen-bond donors (Lipinski definition) is 1. The third kappa shape index (κ3) is 7.59. The lowest BCUT2D eigenvalue weighted by Gasteiger charge is -2.21. The van der Waals surface area contributed by atoms with E-state index in [1.54, 1.807) is 12.1 Å². The summed E-state index contributed by atoms with van der Waals surface area (Å²) < 4.78 is 32.2. The van der Waals surface area contributed by atoms with Crippen LogP contribution in [0.25, 0.3) is 6.08 Å². The average Bonchev–Trinajstić information content (AvgIpc) is 2.71. The lowest BCUT2D eigenvalue weighted by molar-refractivity contribution is -0.111. The van der Waals surface area contributed by atoms with E-state index in [1.807, 2.05) is 13.0 Å². The van der Waals surface area contributed by atoms with Gasteiger partial charge < -0.3 is 10.1 Å². The van der Waals surface area contributed by atoms with Crippen LogP contribution in [0.4, 0.5) is 14.5 Å². The summed E-state index contributed by atoms with van der Waals surface area (Å²) in [5.41, 5.74) is 2.00. The van der Waals surface area contributed by atoms with E-state index in [0.717, 1.165) is 55.9 Å². The van der Waals surface area contributed by atoms with Gasteiger partial charge in [-0.3, -0.25) is 9.69 Å². The fraction of sp³-hybridized carbons (Fsp3) is 0.375. The Balaban J connectivity index is 1.94. The summed E-state index contributed by atoms with van der Waals surface area (Å²) in [5, 5.41) is 2.76. The molecule has 162 valence electrons. The number of benzene rings is 2. The van der Waals surface area contributed by atoms with Gasteiger partial charge in [0.25, 0.3) is 0 Å². The van der Waals surface area contributed by atoms with Gasteiger partial charge in [0, 0.05) is 24.4 Å². The van der Waals surface area contributed by atoms with Crippen molar-refractivity contribution in [3.8, 4) is 5.75 Å². The number of carbonyl (C=O) groups is 1. The topological polar surface area (TPSA) is 41.6 Å². The molecule has 0 unspecified atom stereocenters. The summed E-state index contributed by atoms with van der Waals surface area (Å²) in [5.74, 6) is -1.51. The molecule has 1 N–H and O–H groups in total. The van der Waals surface area contributed by atoms with Crippen LogP contribution < -0.4 is 10.1 Å². The van der Waals surface area contributed by atoms with Crippen LogP contribution in [0.15, 0.2) is 42.5 Å². The van der Waals surface area contributed by atoms with Crippen LogP contribution in [-0.4, -0.2) is 37.0 Å². The van der Waals surface area contributed by atoms with E-state index in [9.17, 15) is 13.6 Å². The summed E-state index contributed by atoms with van der Waals surface area (Å²) in [7, 11) is 0. The minimum absolute atomic E-state index is 0.369. The van der Waals surface area contributed by atoms with Gasteiger partial charge in [-0.2, -0.15) is 0 Å². The Bertz CT molecular complexity index is 862. The Morgan fingerprint density at radius 3 is 2.43 bits per heavy atom. The van der Waals surface area contributed by atoms with Gasteiger partial charge in [0.05, 0.1) is 0 Å². The van der Waals surface area contributed by atoms with Crippen molar-refractivity contribution >= 4 is 17.7 Å². The highest BCUT2D eigenvalue weighted by Crippen LogP contribution is 2.23. The monoisotopic (exact) mass is 416 g/mol. The third-order valence-electron chi connectivity index (χ3n) is 4.57. The largest absolute Gasteiger partial charge is 0.492 e. The third-order valence-corrected chi connectivity index (χ3v) is 4.57. The molecule has 0 heterocycles. The van der Waals surface area contributed by atoms with Crippen molar-refractivity contribution in [2.24, 2.45) is 0 Å². The van der Waals surface area contributed by atoms with Gasteiger partial charge in [0.1, 0.15) is 12.4 Å². The number of halogens is 2. The molecule has 0 aliphatic rings. The minimum Gasteiger partial charge on any atom is -0.492 e. The Morgan fingerprint density at radius 1 is 1.03 bits per heavy atom. The zero-order valence-electron chi connectivity index (χ0n) is 17.9. The van der Waals surface area contributed by atoms with Gasteiger partial charge in [-0.1, -0.05) is 26.0 Å². The first-order chi connectivity index (χ1) is 14.4. The fourth-order valence-electron chi connectivity index (χ4n) is 3.06.